The summed E-state index contributed by atoms with van der Waals surface area (Å²) in [7, 11) is 0. The van der Waals surface area contributed by atoms with Crippen molar-refractivity contribution in [2.45, 2.75) is 26.8 Å². The zero-order chi connectivity index (χ0) is 11.4. The molecule has 0 aromatic carbocycles. The van der Waals surface area contributed by atoms with Crippen molar-refractivity contribution in [1.29, 1.82) is 0 Å². The number of rotatable bonds is 3. The Morgan fingerprint density at radius 2 is 1.87 bits per heavy atom. The van der Waals surface area contributed by atoms with Crippen LogP contribution < -0.4 is 11.1 Å². The minimum absolute atomic E-state index is 0.305. The third kappa shape index (κ3) is 3.04. The maximum absolute atomic E-state index is 11.1. The average Bonchev–Trinajstić information content (AvgIpc) is 2.27. The molecule has 1 fully saturated rings. The van der Waals surface area contributed by atoms with E-state index in [2.05, 4.69) is 17.1 Å². The number of hydrogen-bond donors (Lipinski definition) is 2. The number of carbonyl (C=O) groups is 1. The van der Waals surface area contributed by atoms with E-state index in [4.69, 9.17) is 5.73 Å². The van der Waals surface area contributed by atoms with Crippen molar-refractivity contribution in [2.75, 3.05) is 26.2 Å². The molecule has 1 aliphatic rings. The molecule has 4 nitrogen and oxygen atoms in total. The number of nitrogens with two attached hydrogens (primary N) is 1. The summed E-state index contributed by atoms with van der Waals surface area (Å²) in [6.07, 6.45) is 0. The smallest absolute Gasteiger partial charge is 0.244 e. The zero-order valence-corrected chi connectivity index (χ0v) is 9.84. The molecular weight excluding hydrogens is 190 g/mol. The van der Waals surface area contributed by atoms with Gasteiger partial charge in [-0.3, -0.25) is 9.69 Å². The lowest BCUT2D eigenvalue weighted by atomic mass is 10.0. The summed E-state index contributed by atoms with van der Waals surface area (Å²) in [5, 5.41) is 3.31. The molecule has 0 aromatic heterocycles. The van der Waals surface area contributed by atoms with Gasteiger partial charge in [0.2, 0.25) is 5.91 Å². The molecule has 1 rings (SSSR count). The molecule has 0 aliphatic carbocycles. The molecule has 15 heavy (non-hydrogen) atoms. The maximum atomic E-state index is 11.1. The van der Waals surface area contributed by atoms with E-state index in [9.17, 15) is 4.79 Å². The lowest BCUT2D eigenvalue weighted by Gasteiger charge is -2.33. The second-order valence-electron chi connectivity index (χ2n) is 4.13. The van der Waals surface area contributed by atoms with Gasteiger partial charge in [0.25, 0.3) is 0 Å². The first-order valence-electron chi connectivity index (χ1n) is 5.46. The molecule has 0 spiro atoms. The van der Waals surface area contributed by atoms with Gasteiger partial charge in [0.1, 0.15) is 0 Å². The van der Waals surface area contributed by atoms with Crippen LogP contribution in [0.4, 0.5) is 0 Å². The topological polar surface area (TPSA) is 58.4 Å². The maximum Gasteiger partial charge on any atom is 0.244 e. The monoisotopic (exact) mass is 211 g/mol. The molecule has 0 saturated carbocycles. The Morgan fingerprint density at radius 3 is 2.33 bits per heavy atom. The van der Waals surface area contributed by atoms with Crippen LogP contribution in [0.2, 0.25) is 0 Å². The van der Waals surface area contributed by atoms with Crippen LogP contribution in [0.15, 0.2) is 11.1 Å². The Kier molecular flexibility index (Phi) is 4.29. The summed E-state index contributed by atoms with van der Waals surface area (Å²) in [5.41, 5.74) is 7.06. The minimum atomic E-state index is -0.311. The van der Waals surface area contributed by atoms with E-state index in [1.54, 1.807) is 6.92 Å². The summed E-state index contributed by atoms with van der Waals surface area (Å²) >= 11 is 0. The van der Waals surface area contributed by atoms with Crippen molar-refractivity contribution >= 4 is 5.91 Å². The summed E-state index contributed by atoms with van der Waals surface area (Å²) < 4.78 is 0. The van der Waals surface area contributed by atoms with Crippen LogP contribution in [0.25, 0.3) is 0 Å². The van der Waals surface area contributed by atoms with Gasteiger partial charge in [-0.05, 0) is 26.3 Å². The van der Waals surface area contributed by atoms with Gasteiger partial charge in [0, 0.05) is 37.8 Å². The van der Waals surface area contributed by atoms with Gasteiger partial charge in [-0.2, -0.15) is 0 Å². The molecule has 1 saturated heterocycles. The molecule has 0 radical (unpaired) electrons. The van der Waals surface area contributed by atoms with Gasteiger partial charge in [0.15, 0.2) is 0 Å². The third-order valence-corrected chi connectivity index (χ3v) is 3.29. The molecule has 1 heterocycles. The van der Waals surface area contributed by atoms with E-state index in [-0.39, 0.29) is 5.91 Å². The number of piperazine rings is 1. The second kappa shape index (κ2) is 5.28. The highest BCUT2D eigenvalue weighted by Crippen LogP contribution is 2.14. The Bertz CT molecular complexity index is 267. The van der Waals surface area contributed by atoms with E-state index in [0.717, 1.165) is 31.8 Å². The Labute approximate surface area is 91.5 Å². The number of primary amides is 1. The van der Waals surface area contributed by atoms with Gasteiger partial charge in [-0.25, -0.2) is 0 Å². The Hall–Kier alpha value is -0.870. The predicted octanol–water partition coefficient (Wildman–Crippen LogP) is 0.102. The first kappa shape index (κ1) is 12.2. The summed E-state index contributed by atoms with van der Waals surface area (Å²) in [6.45, 7) is 10.0. The fourth-order valence-corrected chi connectivity index (χ4v) is 1.85. The highest BCUT2D eigenvalue weighted by atomic mass is 16.1. The largest absolute Gasteiger partial charge is 0.366 e. The summed E-state index contributed by atoms with van der Waals surface area (Å²) in [6, 6.07) is 0.305. The average molecular weight is 211 g/mol. The molecule has 1 unspecified atom stereocenters. The number of nitrogens with one attached hydrogen (secondary N) is 1. The molecule has 1 atom stereocenters. The van der Waals surface area contributed by atoms with Gasteiger partial charge >= 0.3 is 0 Å². The fraction of sp³-hybridized carbons (Fsp3) is 0.727. The first-order valence-corrected chi connectivity index (χ1v) is 5.46. The Balaban J connectivity index is 2.69. The van der Waals surface area contributed by atoms with Crippen LogP contribution >= 0.6 is 0 Å². The standard InChI is InChI=1S/C11H21N3O/c1-8(9(2)11(12)15)10(3)14-6-4-13-5-7-14/h10,13H,4-7H2,1-3H3,(H2,12,15). The lowest BCUT2D eigenvalue weighted by molar-refractivity contribution is -0.114. The SMILES string of the molecule is CC(C(N)=O)=C(C)C(C)N1CCNCC1. The van der Waals surface area contributed by atoms with Crippen LogP contribution in [0, 0.1) is 0 Å². The zero-order valence-electron chi connectivity index (χ0n) is 9.84. The summed E-state index contributed by atoms with van der Waals surface area (Å²) in [4.78, 5) is 13.4. The van der Waals surface area contributed by atoms with Crippen molar-refractivity contribution in [3.63, 3.8) is 0 Å². The predicted molar refractivity (Wildman–Crippen MR) is 61.5 cm³/mol. The number of hydrogen-bond acceptors (Lipinski definition) is 3. The Morgan fingerprint density at radius 1 is 1.33 bits per heavy atom. The molecule has 1 amide bonds. The quantitative estimate of drug-likeness (QED) is 0.651. The van der Waals surface area contributed by atoms with Crippen molar-refractivity contribution in [3.05, 3.63) is 11.1 Å². The van der Waals surface area contributed by atoms with Crippen LogP contribution in [0.3, 0.4) is 0 Å². The fourth-order valence-electron chi connectivity index (χ4n) is 1.85. The van der Waals surface area contributed by atoms with Crippen LogP contribution in [0.5, 0.6) is 0 Å². The number of nitrogens with zero attached hydrogens (tertiary/aromatic N) is 1. The molecule has 0 bridgehead atoms. The van der Waals surface area contributed by atoms with Gasteiger partial charge in [0.05, 0.1) is 0 Å². The van der Waals surface area contributed by atoms with E-state index in [1.165, 1.54) is 0 Å². The number of carbonyl (C=O) groups excluding carboxylic acids is 1. The molecule has 3 N–H and O–H groups in total. The van der Waals surface area contributed by atoms with Gasteiger partial charge in [-0.1, -0.05) is 0 Å². The van der Waals surface area contributed by atoms with E-state index in [0.29, 0.717) is 11.6 Å². The van der Waals surface area contributed by atoms with Crippen molar-refractivity contribution in [1.82, 2.24) is 10.2 Å². The van der Waals surface area contributed by atoms with Crippen molar-refractivity contribution in [2.24, 2.45) is 5.73 Å². The number of amides is 1. The minimum Gasteiger partial charge on any atom is -0.366 e. The summed E-state index contributed by atoms with van der Waals surface area (Å²) in [5.74, 6) is -0.311. The van der Waals surface area contributed by atoms with Crippen molar-refractivity contribution < 1.29 is 4.79 Å². The molecular formula is C11H21N3O. The molecule has 1 aliphatic heterocycles. The highest BCUT2D eigenvalue weighted by Gasteiger charge is 2.19. The van der Waals surface area contributed by atoms with E-state index >= 15 is 0 Å². The van der Waals surface area contributed by atoms with Gasteiger partial charge in [-0.15, -0.1) is 0 Å². The van der Waals surface area contributed by atoms with Crippen LogP contribution in [-0.2, 0) is 4.79 Å². The van der Waals surface area contributed by atoms with Gasteiger partial charge < -0.3 is 11.1 Å². The molecule has 4 heteroatoms. The van der Waals surface area contributed by atoms with Crippen LogP contribution in [-0.4, -0.2) is 43.0 Å². The van der Waals surface area contributed by atoms with Crippen LogP contribution in [0.1, 0.15) is 20.8 Å². The molecule has 0 aromatic rings. The molecule has 86 valence electrons. The van der Waals surface area contributed by atoms with Crippen molar-refractivity contribution in [3.8, 4) is 0 Å². The third-order valence-electron chi connectivity index (χ3n) is 3.29. The lowest BCUT2D eigenvalue weighted by Crippen LogP contribution is -2.48. The van der Waals surface area contributed by atoms with E-state index in [1.807, 2.05) is 6.92 Å². The second-order valence-corrected chi connectivity index (χ2v) is 4.13. The first-order chi connectivity index (χ1) is 7.04. The normalized spacial score (nSPS) is 22.1. The van der Waals surface area contributed by atoms with E-state index < -0.39 is 0 Å². The highest BCUT2D eigenvalue weighted by molar-refractivity contribution is 5.92.